The van der Waals surface area contributed by atoms with E-state index in [-0.39, 0.29) is 6.10 Å². The smallest absolute Gasteiger partial charge is 0.206 e. The summed E-state index contributed by atoms with van der Waals surface area (Å²) in [5, 5.41) is 0. The summed E-state index contributed by atoms with van der Waals surface area (Å²) in [5.74, 6) is -0.460. The van der Waals surface area contributed by atoms with Crippen LogP contribution in [0.4, 0.5) is 0 Å². The van der Waals surface area contributed by atoms with Crippen molar-refractivity contribution in [2.75, 3.05) is 0 Å². The van der Waals surface area contributed by atoms with Crippen molar-refractivity contribution in [2.45, 2.75) is 37.6 Å². The first-order chi connectivity index (χ1) is 7.36. The van der Waals surface area contributed by atoms with Gasteiger partial charge in [0.2, 0.25) is 5.79 Å². The topological polar surface area (TPSA) is 18.5 Å². The van der Waals surface area contributed by atoms with E-state index in [4.69, 9.17) is 7.80 Å². The Balaban J connectivity index is 2.15. The fraction of sp³-hybridized carbons (Fsp3) is 0.500. The lowest BCUT2D eigenvalue weighted by atomic mass is 9.91. The van der Waals surface area contributed by atoms with E-state index < -0.39 is 5.79 Å². The average Bonchev–Trinajstić information content (AvgIpc) is 2.46. The van der Waals surface area contributed by atoms with Gasteiger partial charge in [0.05, 0.1) is 6.10 Å². The van der Waals surface area contributed by atoms with Crippen LogP contribution in [0.2, 0.25) is 0 Å². The molecule has 2 atom stereocenters. The summed E-state index contributed by atoms with van der Waals surface area (Å²) in [7, 11) is 0. The van der Waals surface area contributed by atoms with Gasteiger partial charge in [-0.15, -0.1) is 0 Å². The number of halogens is 1. The molecule has 2 aliphatic rings. The van der Waals surface area contributed by atoms with Crippen molar-refractivity contribution in [3.63, 3.8) is 0 Å². The standard InChI is InChI=1S/C12H13IO2/c13-15-12-8-4-3-7-11(14-12)9-5-1-2-6-10(9)12/h1-2,5-6,11H,3-4,7-8H2. The van der Waals surface area contributed by atoms with E-state index in [1.54, 1.807) is 0 Å². The van der Waals surface area contributed by atoms with Gasteiger partial charge in [-0.25, -0.2) is 0 Å². The summed E-state index contributed by atoms with van der Waals surface area (Å²) in [6.07, 6.45) is 4.77. The number of hydrogen-bond acceptors (Lipinski definition) is 2. The van der Waals surface area contributed by atoms with Crippen LogP contribution >= 0.6 is 23.0 Å². The van der Waals surface area contributed by atoms with Gasteiger partial charge in [-0.3, -0.25) is 3.07 Å². The molecule has 0 spiro atoms. The molecule has 0 radical (unpaired) electrons. The van der Waals surface area contributed by atoms with Crippen molar-refractivity contribution < 1.29 is 7.80 Å². The van der Waals surface area contributed by atoms with Gasteiger partial charge in [-0.05, 0) is 18.4 Å². The highest BCUT2D eigenvalue weighted by Gasteiger charge is 2.46. The van der Waals surface area contributed by atoms with Crippen molar-refractivity contribution in [1.82, 2.24) is 0 Å². The Labute approximate surface area is 104 Å². The van der Waals surface area contributed by atoms with Gasteiger partial charge in [0.25, 0.3) is 0 Å². The zero-order chi connectivity index (χ0) is 10.3. The molecule has 2 bridgehead atoms. The molecular formula is C12H13IO2. The lowest BCUT2D eigenvalue weighted by Gasteiger charge is -2.25. The van der Waals surface area contributed by atoms with Gasteiger partial charge in [0, 0.05) is 12.0 Å². The van der Waals surface area contributed by atoms with Crippen LogP contribution in [0, 0.1) is 0 Å². The van der Waals surface area contributed by atoms with Crippen LogP contribution in [0.1, 0.15) is 42.9 Å². The minimum absolute atomic E-state index is 0.249. The van der Waals surface area contributed by atoms with Crippen LogP contribution in [0.25, 0.3) is 0 Å². The van der Waals surface area contributed by atoms with Gasteiger partial charge in [-0.2, -0.15) is 0 Å². The lowest BCUT2D eigenvalue weighted by Crippen LogP contribution is -2.24. The monoisotopic (exact) mass is 316 g/mol. The van der Waals surface area contributed by atoms with Crippen molar-refractivity contribution in [3.05, 3.63) is 35.4 Å². The lowest BCUT2D eigenvalue weighted by molar-refractivity contribution is -0.181. The normalized spacial score (nSPS) is 33.5. The number of hydrogen-bond donors (Lipinski definition) is 0. The molecule has 0 saturated carbocycles. The van der Waals surface area contributed by atoms with Crippen LogP contribution in [0.5, 0.6) is 0 Å². The van der Waals surface area contributed by atoms with E-state index in [1.165, 1.54) is 24.0 Å². The molecule has 1 fully saturated rings. The Bertz CT molecular complexity index is 380. The van der Waals surface area contributed by atoms with E-state index in [9.17, 15) is 0 Å². The third-order valence-corrected chi connectivity index (χ3v) is 4.11. The predicted molar refractivity (Wildman–Crippen MR) is 65.5 cm³/mol. The minimum atomic E-state index is -0.460. The second kappa shape index (κ2) is 3.71. The molecule has 1 aromatic rings. The minimum Gasteiger partial charge on any atom is -0.337 e. The Kier molecular flexibility index (Phi) is 2.49. The van der Waals surface area contributed by atoms with Crippen molar-refractivity contribution in [3.8, 4) is 0 Å². The summed E-state index contributed by atoms with van der Waals surface area (Å²) in [5.41, 5.74) is 2.57. The van der Waals surface area contributed by atoms with Crippen molar-refractivity contribution >= 4 is 23.0 Å². The van der Waals surface area contributed by atoms with Gasteiger partial charge >= 0.3 is 0 Å². The third-order valence-electron chi connectivity index (χ3n) is 3.40. The molecule has 2 unspecified atom stereocenters. The average molecular weight is 316 g/mol. The van der Waals surface area contributed by atoms with Gasteiger partial charge < -0.3 is 4.74 Å². The molecule has 0 aliphatic carbocycles. The molecule has 1 aromatic carbocycles. The summed E-state index contributed by atoms with van der Waals surface area (Å²) in [6, 6.07) is 8.46. The van der Waals surface area contributed by atoms with Crippen LogP contribution in [-0.2, 0) is 13.6 Å². The van der Waals surface area contributed by atoms with E-state index in [1.807, 2.05) is 23.0 Å². The van der Waals surface area contributed by atoms with Crippen LogP contribution in [-0.4, -0.2) is 0 Å². The first kappa shape index (κ1) is 10.1. The van der Waals surface area contributed by atoms with E-state index in [0.29, 0.717) is 0 Å². The van der Waals surface area contributed by atoms with E-state index >= 15 is 0 Å². The Hall–Kier alpha value is -0.130. The fourth-order valence-corrected chi connectivity index (χ4v) is 3.24. The van der Waals surface area contributed by atoms with Gasteiger partial charge in [0.15, 0.2) is 0 Å². The van der Waals surface area contributed by atoms with Crippen molar-refractivity contribution in [1.29, 1.82) is 0 Å². The maximum Gasteiger partial charge on any atom is 0.206 e. The summed E-state index contributed by atoms with van der Waals surface area (Å²) < 4.78 is 11.7. The van der Waals surface area contributed by atoms with Gasteiger partial charge in [0.1, 0.15) is 23.0 Å². The zero-order valence-corrected chi connectivity index (χ0v) is 10.6. The third kappa shape index (κ3) is 1.44. The molecule has 2 heterocycles. The summed E-state index contributed by atoms with van der Waals surface area (Å²) in [6.45, 7) is 0. The summed E-state index contributed by atoms with van der Waals surface area (Å²) in [4.78, 5) is 0. The first-order valence-corrected chi connectivity index (χ1v) is 6.31. The number of benzene rings is 1. The molecule has 80 valence electrons. The number of ether oxygens (including phenoxy) is 1. The highest BCUT2D eigenvalue weighted by molar-refractivity contribution is 14.1. The molecular weight excluding hydrogens is 303 g/mol. The molecule has 15 heavy (non-hydrogen) atoms. The van der Waals surface area contributed by atoms with Crippen molar-refractivity contribution in [2.24, 2.45) is 0 Å². The van der Waals surface area contributed by atoms with E-state index in [2.05, 4.69) is 24.3 Å². The number of rotatable bonds is 1. The quantitative estimate of drug-likeness (QED) is 0.733. The van der Waals surface area contributed by atoms with Crippen LogP contribution < -0.4 is 0 Å². The Morgan fingerprint density at radius 3 is 3.07 bits per heavy atom. The highest BCUT2D eigenvalue weighted by Crippen LogP contribution is 2.51. The summed E-state index contributed by atoms with van der Waals surface area (Å²) >= 11 is 1.98. The maximum atomic E-state index is 6.10. The van der Waals surface area contributed by atoms with Crippen LogP contribution in [0.15, 0.2) is 24.3 Å². The largest absolute Gasteiger partial charge is 0.337 e. The molecule has 1 saturated heterocycles. The molecule has 3 heteroatoms. The Morgan fingerprint density at radius 2 is 2.20 bits per heavy atom. The second-order valence-corrected chi connectivity index (χ2v) is 4.71. The van der Waals surface area contributed by atoms with E-state index in [0.717, 1.165) is 12.8 Å². The van der Waals surface area contributed by atoms with Gasteiger partial charge in [-0.1, -0.05) is 30.7 Å². The predicted octanol–water partition coefficient (Wildman–Crippen LogP) is 3.85. The Morgan fingerprint density at radius 1 is 1.33 bits per heavy atom. The number of fused-ring (bicyclic) bond motifs is 5. The molecule has 2 aliphatic heterocycles. The zero-order valence-electron chi connectivity index (χ0n) is 8.41. The molecule has 0 amide bonds. The molecule has 2 nitrogen and oxygen atoms in total. The fourth-order valence-electron chi connectivity index (χ4n) is 2.68. The SMILES string of the molecule is IOC12CCCCC(O1)c1ccccc12. The van der Waals surface area contributed by atoms with Crippen LogP contribution in [0.3, 0.4) is 0 Å². The first-order valence-electron chi connectivity index (χ1n) is 5.43. The molecule has 0 N–H and O–H groups in total. The maximum absolute atomic E-state index is 6.10. The molecule has 3 rings (SSSR count). The molecule has 0 aromatic heterocycles. The second-order valence-electron chi connectivity index (χ2n) is 4.27. The highest BCUT2D eigenvalue weighted by atomic mass is 127.